The molecule has 0 saturated heterocycles. The van der Waals surface area contributed by atoms with Gasteiger partial charge < -0.3 is 5.11 Å². The van der Waals surface area contributed by atoms with E-state index in [1.54, 1.807) is 0 Å². The molecule has 1 aromatic carbocycles. The van der Waals surface area contributed by atoms with Gasteiger partial charge in [0.1, 0.15) is 0 Å². The number of hydrogen-bond donors (Lipinski definition) is 1. The van der Waals surface area contributed by atoms with Gasteiger partial charge in [-0.3, -0.25) is 0 Å². The predicted molar refractivity (Wildman–Crippen MR) is 64.5 cm³/mol. The normalized spacial score (nSPS) is 11.8. The Morgan fingerprint density at radius 1 is 1.06 bits per heavy atom. The van der Waals surface area contributed by atoms with E-state index in [1.165, 1.54) is 0 Å². The molecule has 90 valence electrons. The summed E-state index contributed by atoms with van der Waals surface area (Å²) in [5.41, 5.74) is 3.52. The molecular weight excluding hydrogens is 224 g/mol. The molecule has 16 heavy (non-hydrogen) atoms. The molecule has 0 heterocycles. The Labute approximate surface area is 97.0 Å². The lowest BCUT2D eigenvalue weighted by atomic mass is 10.0. The third-order valence-electron chi connectivity index (χ3n) is 2.97. The van der Waals surface area contributed by atoms with E-state index in [0.29, 0.717) is 4.90 Å². The highest BCUT2D eigenvalue weighted by Crippen LogP contribution is 2.26. The minimum Gasteiger partial charge on any atom is -0.395 e. The smallest absolute Gasteiger partial charge is 0.181 e. The van der Waals surface area contributed by atoms with Crippen LogP contribution < -0.4 is 0 Å². The molecule has 0 aliphatic heterocycles. The Bertz CT molecular complexity index is 475. The molecule has 0 aliphatic rings. The molecule has 0 fully saturated rings. The molecule has 0 aromatic heterocycles. The maximum absolute atomic E-state index is 12.0. The van der Waals surface area contributed by atoms with Crippen LogP contribution in [0.1, 0.15) is 22.3 Å². The molecule has 1 rings (SSSR count). The van der Waals surface area contributed by atoms with Crippen molar-refractivity contribution in [2.24, 2.45) is 0 Å². The van der Waals surface area contributed by atoms with Crippen LogP contribution in [0.5, 0.6) is 0 Å². The molecule has 0 radical (unpaired) electrons. The van der Waals surface area contributed by atoms with Crippen molar-refractivity contribution in [3.8, 4) is 0 Å². The van der Waals surface area contributed by atoms with Gasteiger partial charge in [-0.25, -0.2) is 8.42 Å². The zero-order valence-electron chi connectivity index (χ0n) is 10.2. The molecule has 0 amide bonds. The van der Waals surface area contributed by atoms with E-state index in [1.807, 2.05) is 33.8 Å². The maximum atomic E-state index is 12.0. The summed E-state index contributed by atoms with van der Waals surface area (Å²) >= 11 is 0. The van der Waals surface area contributed by atoms with Crippen molar-refractivity contribution in [3.05, 3.63) is 28.3 Å². The summed E-state index contributed by atoms with van der Waals surface area (Å²) in [6, 6.07) is 1.99. The third kappa shape index (κ3) is 2.28. The number of aliphatic hydroxyl groups is 1. The summed E-state index contributed by atoms with van der Waals surface area (Å²) in [6.07, 6.45) is 0. The summed E-state index contributed by atoms with van der Waals surface area (Å²) in [7, 11) is -3.37. The molecule has 0 saturated carbocycles. The summed E-state index contributed by atoms with van der Waals surface area (Å²) in [5, 5.41) is 8.80. The number of hydrogen-bond acceptors (Lipinski definition) is 3. The average Bonchev–Trinajstić information content (AvgIpc) is 2.14. The van der Waals surface area contributed by atoms with Crippen molar-refractivity contribution in [2.75, 3.05) is 12.4 Å². The standard InChI is InChI=1S/C12H18O3S/c1-8-7-9(2)11(4)12(10(8)3)16(14,15)6-5-13/h7,13H,5-6H2,1-4H3. The molecule has 1 N–H and O–H groups in total. The van der Waals surface area contributed by atoms with Crippen molar-refractivity contribution in [1.29, 1.82) is 0 Å². The van der Waals surface area contributed by atoms with Crippen molar-refractivity contribution < 1.29 is 13.5 Å². The molecule has 0 bridgehead atoms. The molecule has 1 aromatic rings. The highest BCUT2D eigenvalue weighted by molar-refractivity contribution is 7.91. The molecule has 0 atom stereocenters. The third-order valence-corrected chi connectivity index (χ3v) is 4.92. The highest BCUT2D eigenvalue weighted by Gasteiger charge is 2.21. The van der Waals surface area contributed by atoms with E-state index in [-0.39, 0.29) is 12.4 Å². The summed E-state index contributed by atoms with van der Waals surface area (Å²) in [6.45, 7) is 7.09. The minimum absolute atomic E-state index is 0.211. The van der Waals surface area contributed by atoms with E-state index in [9.17, 15) is 8.42 Å². The Morgan fingerprint density at radius 2 is 1.50 bits per heavy atom. The molecule has 0 unspecified atom stereocenters. The van der Waals surface area contributed by atoms with Crippen LogP contribution >= 0.6 is 0 Å². The fraction of sp³-hybridized carbons (Fsp3) is 0.500. The van der Waals surface area contributed by atoms with Gasteiger partial charge in [-0.2, -0.15) is 0 Å². The van der Waals surface area contributed by atoms with E-state index < -0.39 is 9.84 Å². The first kappa shape index (κ1) is 13.2. The number of sulfone groups is 1. The van der Waals surface area contributed by atoms with E-state index in [0.717, 1.165) is 22.3 Å². The monoisotopic (exact) mass is 242 g/mol. The second-order valence-electron chi connectivity index (χ2n) is 4.13. The maximum Gasteiger partial charge on any atom is 0.181 e. The van der Waals surface area contributed by atoms with Gasteiger partial charge in [-0.15, -0.1) is 0 Å². The number of benzene rings is 1. The van der Waals surface area contributed by atoms with Crippen LogP contribution in [0.25, 0.3) is 0 Å². The van der Waals surface area contributed by atoms with Crippen LogP contribution in [-0.2, 0) is 9.84 Å². The van der Waals surface area contributed by atoms with Crippen molar-refractivity contribution in [3.63, 3.8) is 0 Å². The van der Waals surface area contributed by atoms with Crippen LogP contribution in [0.15, 0.2) is 11.0 Å². The van der Waals surface area contributed by atoms with Crippen LogP contribution in [-0.4, -0.2) is 25.9 Å². The SMILES string of the molecule is Cc1cc(C)c(C)c(S(=O)(=O)CCO)c1C. The van der Waals surface area contributed by atoms with Gasteiger partial charge in [0.05, 0.1) is 17.3 Å². The first-order valence-corrected chi connectivity index (χ1v) is 6.87. The van der Waals surface area contributed by atoms with E-state index in [4.69, 9.17) is 5.11 Å². The predicted octanol–water partition coefficient (Wildman–Crippen LogP) is 1.69. The zero-order valence-corrected chi connectivity index (χ0v) is 11.0. The summed E-state index contributed by atoms with van der Waals surface area (Å²) in [5.74, 6) is -0.211. The number of aliphatic hydroxyl groups excluding tert-OH is 1. The summed E-state index contributed by atoms with van der Waals surface area (Å²) in [4.78, 5) is 0.388. The highest BCUT2D eigenvalue weighted by atomic mass is 32.2. The van der Waals surface area contributed by atoms with Crippen molar-refractivity contribution >= 4 is 9.84 Å². The molecule has 4 heteroatoms. The van der Waals surface area contributed by atoms with Gasteiger partial charge in [0.25, 0.3) is 0 Å². The van der Waals surface area contributed by atoms with Gasteiger partial charge >= 0.3 is 0 Å². The lowest BCUT2D eigenvalue weighted by molar-refractivity contribution is 0.319. The van der Waals surface area contributed by atoms with Gasteiger partial charge in [-0.05, 0) is 49.9 Å². The quantitative estimate of drug-likeness (QED) is 0.877. The van der Waals surface area contributed by atoms with Crippen LogP contribution in [0.4, 0.5) is 0 Å². The molecule has 0 aliphatic carbocycles. The topological polar surface area (TPSA) is 54.4 Å². The van der Waals surface area contributed by atoms with Gasteiger partial charge in [0.2, 0.25) is 0 Å². The van der Waals surface area contributed by atoms with E-state index >= 15 is 0 Å². The lowest BCUT2D eigenvalue weighted by Gasteiger charge is -2.15. The molecular formula is C12H18O3S. The molecule has 3 nitrogen and oxygen atoms in total. The minimum atomic E-state index is -3.37. The summed E-state index contributed by atoms with van der Waals surface area (Å²) < 4.78 is 24.0. The second-order valence-corrected chi connectivity index (χ2v) is 6.18. The lowest BCUT2D eigenvalue weighted by Crippen LogP contribution is -2.14. The first-order chi connectivity index (χ1) is 7.31. The van der Waals surface area contributed by atoms with Crippen LogP contribution in [0.2, 0.25) is 0 Å². The zero-order chi connectivity index (χ0) is 12.5. The van der Waals surface area contributed by atoms with E-state index in [2.05, 4.69) is 0 Å². The number of aryl methyl sites for hydroxylation is 2. The first-order valence-electron chi connectivity index (χ1n) is 5.22. The van der Waals surface area contributed by atoms with Gasteiger partial charge in [0.15, 0.2) is 9.84 Å². The largest absolute Gasteiger partial charge is 0.395 e. The Hall–Kier alpha value is -0.870. The Morgan fingerprint density at radius 3 is 1.88 bits per heavy atom. The fourth-order valence-corrected chi connectivity index (χ4v) is 3.57. The van der Waals surface area contributed by atoms with Crippen molar-refractivity contribution in [2.45, 2.75) is 32.6 Å². The molecule has 0 spiro atoms. The van der Waals surface area contributed by atoms with Gasteiger partial charge in [0, 0.05) is 0 Å². The van der Waals surface area contributed by atoms with Crippen molar-refractivity contribution in [1.82, 2.24) is 0 Å². The number of rotatable bonds is 3. The Balaban J connectivity index is 3.56. The van der Waals surface area contributed by atoms with Gasteiger partial charge in [-0.1, -0.05) is 6.07 Å². The van der Waals surface area contributed by atoms with Crippen LogP contribution in [0, 0.1) is 27.7 Å². The Kier molecular flexibility index (Phi) is 3.76. The second kappa shape index (κ2) is 4.55. The van der Waals surface area contributed by atoms with Crippen LogP contribution in [0.3, 0.4) is 0 Å². The fourth-order valence-electron chi connectivity index (χ4n) is 1.87. The average molecular weight is 242 g/mol.